The van der Waals surface area contributed by atoms with Gasteiger partial charge in [0.15, 0.2) is 0 Å². The molecule has 1 aliphatic heterocycles. The number of rotatable bonds is 4. The summed E-state index contributed by atoms with van der Waals surface area (Å²) >= 11 is 0. The Morgan fingerprint density at radius 3 is 2.62 bits per heavy atom. The number of benzene rings is 1. The number of nitrogens with zero attached hydrogens (tertiary/aromatic N) is 1. The third-order valence-corrected chi connectivity index (χ3v) is 3.28. The molecule has 0 saturated carbocycles. The second kappa shape index (κ2) is 5.32. The lowest BCUT2D eigenvalue weighted by atomic mass is 10.1. The molecule has 1 aromatic rings. The van der Waals surface area contributed by atoms with Crippen LogP contribution in [0.5, 0.6) is 5.75 Å². The van der Waals surface area contributed by atoms with Crippen LogP contribution in [-0.2, 0) is 13.0 Å². The molecule has 0 bridgehead atoms. The number of hydrogen-bond acceptors (Lipinski definition) is 3. The van der Waals surface area contributed by atoms with Gasteiger partial charge in [0, 0.05) is 13.1 Å². The van der Waals surface area contributed by atoms with E-state index in [0.717, 1.165) is 24.1 Å². The molecule has 3 nitrogen and oxygen atoms in total. The molecule has 0 atom stereocenters. The van der Waals surface area contributed by atoms with E-state index in [2.05, 4.69) is 4.90 Å². The largest absolute Gasteiger partial charge is 0.508 e. The monoisotopic (exact) mass is 220 g/mol. The summed E-state index contributed by atoms with van der Waals surface area (Å²) in [6, 6.07) is 5.77. The fourth-order valence-electron chi connectivity index (χ4n) is 2.23. The zero-order valence-corrected chi connectivity index (χ0v) is 9.65. The lowest BCUT2D eigenvalue weighted by Gasteiger charge is -2.15. The highest BCUT2D eigenvalue weighted by atomic mass is 16.3. The molecule has 0 unspecified atom stereocenters. The smallest absolute Gasteiger partial charge is 0.119 e. The predicted molar refractivity (Wildman–Crippen MR) is 65.4 cm³/mol. The van der Waals surface area contributed by atoms with E-state index < -0.39 is 0 Å². The fraction of sp³-hybridized carbons (Fsp3) is 0.538. The van der Waals surface area contributed by atoms with Crippen LogP contribution in [0.15, 0.2) is 18.2 Å². The van der Waals surface area contributed by atoms with Crippen LogP contribution < -0.4 is 5.73 Å². The molecule has 88 valence electrons. The Morgan fingerprint density at radius 2 is 2.00 bits per heavy atom. The molecule has 0 amide bonds. The van der Waals surface area contributed by atoms with Gasteiger partial charge in [-0.15, -0.1) is 0 Å². The molecule has 0 spiro atoms. The molecule has 3 N–H and O–H groups in total. The van der Waals surface area contributed by atoms with Crippen LogP contribution in [0.2, 0.25) is 0 Å². The van der Waals surface area contributed by atoms with Crippen LogP contribution in [0, 0.1) is 0 Å². The normalized spacial score (nSPS) is 16.8. The van der Waals surface area contributed by atoms with E-state index in [-0.39, 0.29) is 0 Å². The van der Waals surface area contributed by atoms with Crippen molar-refractivity contribution >= 4 is 0 Å². The second-order valence-electron chi connectivity index (χ2n) is 4.47. The average Bonchev–Trinajstić information content (AvgIpc) is 2.80. The maximum Gasteiger partial charge on any atom is 0.119 e. The average molecular weight is 220 g/mol. The van der Waals surface area contributed by atoms with Gasteiger partial charge in [-0.25, -0.2) is 0 Å². The van der Waals surface area contributed by atoms with Crippen LogP contribution in [0.1, 0.15) is 24.0 Å². The Balaban J connectivity index is 1.93. The maximum atomic E-state index is 9.82. The van der Waals surface area contributed by atoms with Gasteiger partial charge in [-0.2, -0.15) is 0 Å². The number of phenolic OH excluding ortho intramolecular Hbond substituents is 1. The minimum atomic E-state index is 0.391. The summed E-state index contributed by atoms with van der Waals surface area (Å²) in [7, 11) is 0. The molecular weight excluding hydrogens is 200 g/mol. The van der Waals surface area contributed by atoms with Crippen LogP contribution >= 0.6 is 0 Å². The SMILES string of the molecule is NCc1ccc(CCN2CCCC2)c(O)c1. The van der Waals surface area contributed by atoms with Gasteiger partial charge in [-0.1, -0.05) is 12.1 Å². The Bertz CT molecular complexity index is 346. The van der Waals surface area contributed by atoms with Crippen molar-refractivity contribution in [3.05, 3.63) is 29.3 Å². The van der Waals surface area contributed by atoms with Crippen molar-refractivity contribution < 1.29 is 5.11 Å². The standard InChI is InChI=1S/C13H20N2O/c14-10-11-3-4-12(13(16)9-11)5-8-15-6-1-2-7-15/h3-4,9,16H,1-2,5-8,10,14H2. The van der Waals surface area contributed by atoms with Crippen molar-refractivity contribution in [1.29, 1.82) is 0 Å². The minimum absolute atomic E-state index is 0.391. The number of hydrogen-bond donors (Lipinski definition) is 2. The molecular formula is C13H20N2O. The summed E-state index contributed by atoms with van der Waals surface area (Å²) in [5.41, 5.74) is 7.54. The van der Waals surface area contributed by atoms with Crippen molar-refractivity contribution in [2.24, 2.45) is 5.73 Å². The van der Waals surface area contributed by atoms with Crippen molar-refractivity contribution in [3.8, 4) is 5.75 Å². The first-order valence-electron chi connectivity index (χ1n) is 6.03. The van der Waals surface area contributed by atoms with E-state index in [1.54, 1.807) is 6.07 Å². The van der Waals surface area contributed by atoms with Crippen molar-refractivity contribution in [2.75, 3.05) is 19.6 Å². The Morgan fingerprint density at radius 1 is 1.25 bits per heavy atom. The first kappa shape index (κ1) is 11.4. The van der Waals surface area contributed by atoms with E-state index >= 15 is 0 Å². The predicted octanol–water partition coefficient (Wildman–Crippen LogP) is 1.49. The lowest BCUT2D eigenvalue weighted by Crippen LogP contribution is -2.21. The molecule has 1 aliphatic rings. The highest BCUT2D eigenvalue weighted by Gasteiger charge is 2.11. The Kier molecular flexibility index (Phi) is 3.80. The third kappa shape index (κ3) is 2.74. The zero-order valence-electron chi connectivity index (χ0n) is 9.65. The first-order valence-corrected chi connectivity index (χ1v) is 6.03. The van der Waals surface area contributed by atoms with Gasteiger partial charge in [0.05, 0.1) is 0 Å². The van der Waals surface area contributed by atoms with Crippen LogP contribution in [-0.4, -0.2) is 29.6 Å². The molecule has 2 rings (SSSR count). The topological polar surface area (TPSA) is 49.5 Å². The lowest BCUT2D eigenvalue weighted by molar-refractivity contribution is 0.341. The molecule has 0 radical (unpaired) electrons. The highest BCUT2D eigenvalue weighted by molar-refractivity contribution is 5.36. The van der Waals surface area contributed by atoms with Gasteiger partial charge in [0.1, 0.15) is 5.75 Å². The Hall–Kier alpha value is -1.06. The number of likely N-dealkylation sites (tertiary alicyclic amines) is 1. The van der Waals surface area contributed by atoms with E-state index in [9.17, 15) is 5.11 Å². The number of nitrogens with two attached hydrogens (primary N) is 1. The van der Waals surface area contributed by atoms with Crippen LogP contribution in [0.25, 0.3) is 0 Å². The van der Waals surface area contributed by atoms with E-state index in [1.165, 1.54) is 25.9 Å². The number of aromatic hydroxyl groups is 1. The molecule has 1 heterocycles. The molecule has 16 heavy (non-hydrogen) atoms. The van der Waals surface area contributed by atoms with E-state index in [0.29, 0.717) is 12.3 Å². The minimum Gasteiger partial charge on any atom is -0.508 e. The first-order chi connectivity index (χ1) is 7.79. The third-order valence-electron chi connectivity index (χ3n) is 3.28. The second-order valence-corrected chi connectivity index (χ2v) is 4.47. The quantitative estimate of drug-likeness (QED) is 0.808. The van der Waals surface area contributed by atoms with Crippen LogP contribution in [0.4, 0.5) is 0 Å². The van der Waals surface area contributed by atoms with Crippen molar-refractivity contribution in [2.45, 2.75) is 25.8 Å². The van der Waals surface area contributed by atoms with Gasteiger partial charge in [0.25, 0.3) is 0 Å². The van der Waals surface area contributed by atoms with Gasteiger partial charge in [-0.05, 0) is 49.5 Å². The van der Waals surface area contributed by atoms with E-state index in [4.69, 9.17) is 5.73 Å². The molecule has 0 aromatic heterocycles. The van der Waals surface area contributed by atoms with Gasteiger partial charge in [0.2, 0.25) is 0 Å². The Labute approximate surface area is 96.9 Å². The van der Waals surface area contributed by atoms with Crippen molar-refractivity contribution in [1.82, 2.24) is 4.90 Å². The summed E-state index contributed by atoms with van der Waals surface area (Å²) in [6.07, 6.45) is 3.56. The summed E-state index contributed by atoms with van der Waals surface area (Å²) in [5.74, 6) is 0.391. The number of phenols is 1. The summed E-state index contributed by atoms with van der Waals surface area (Å²) in [6.45, 7) is 3.96. The molecule has 0 aliphatic carbocycles. The summed E-state index contributed by atoms with van der Waals surface area (Å²) in [4.78, 5) is 2.45. The summed E-state index contributed by atoms with van der Waals surface area (Å²) < 4.78 is 0. The van der Waals surface area contributed by atoms with Crippen molar-refractivity contribution in [3.63, 3.8) is 0 Å². The molecule has 1 aromatic carbocycles. The molecule has 1 fully saturated rings. The van der Waals surface area contributed by atoms with Gasteiger partial charge in [-0.3, -0.25) is 0 Å². The molecule has 1 saturated heterocycles. The van der Waals surface area contributed by atoms with Gasteiger partial charge < -0.3 is 15.7 Å². The summed E-state index contributed by atoms with van der Waals surface area (Å²) in [5, 5.41) is 9.82. The highest BCUT2D eigenvalue weighted by Crippen LogP contribution is 2.20. The van der Waals surface area contributed by atoms with Gasteiger partial charge >= 0.3 is 0 Å². The van der Waals surface area contributed by atoms with E-state index in [1.807, 2.05) is 12.1 Å². The van der Waals surface area contributed by atoms with Crippen LogP contribution in [0.3, 0.4) is 0 Å². The fourth-order valence-corrected chi connectivity index (χ4v) is 2.23. The zero-order chi connectivity index (χ0) is 11.4. The maximum absolute atomic E-state index is 9.82. The molecule has 3 heteroatoms.